The maximum atomic E-state index is 5.28. The number of hydrogen-bond acceptors (Lipinski definition) is 4. The Bertz CT molecular complexity index is 324. The summed E-state index contributed by atoms with van der Waals surface area (Å²) in [7, 11) is 1.61. The molecule has 0 aromatic heterocycles. The molecule has 0 amide bonds. The van der Waals surface area contributed by atoms with Gasteiger partial charge in [-0.2, -0.15) is 0 Å². The Morgan fingerprint density at radius 1 is 1.27 bits per heavy atom. The van der Waals surface area contributed by atoms with Gasteiger partial charge in [0, 0.05) is 7.11 Å². The third-order valence-electron chi connectivity index (χ3n) is 2.17. The van der Waals surface area contributed by atoms with Gasteiger partial charge >= 0.3 is 0 Å². The third-order valence-corrected chi connectivity index (χ3v) is 2.17. The third kappa shape index (κ3) is 2.61. The van der Waals surface area contributed by atoms with Gasteiger partial charge in [-0.15, -0.1) is 0 Å². The van der Waals surface area contributed by atoms with Crippen LogP contribution >= 0.6 is 0 Å². The smallest absolute Gasteiger partial charge is 0.231 e. The second-order valence-corrected chi connectivity index (χ2v) is 3.25. The Morgan fingerprint density at radius 2 is 2.13 bits per heavy atom. The molecule has 0 N–H and O–H groups in total. The van der Waals surface area contributed by atoms with Crippen LogP contribution in [-0.2, 0) is 15.9 Å². The SMILES string of the molecule is COCOCCc1ccc2c(c1)OCO2. The highest BCUT2D eigenvalue weighted by atomic mass is 16.7. The van der Waals surface area contributed by atoms with E-state index in [2.05, 4.69) is 0 Å². The molecule has 15 heavy (non-hydrogen) atoms. The number of benzene rings is 1. The average Bonchev–Trinajstić information content (AvgIpc) is 2.71. The molecule has 1 aliphatic rings. The largest absolute Gasteiger partial charge is 0.454 e. The van der Waals surface area contributed by atoms with Crippen molar-refractivity contribution in [2.75, 3.05) is 27.3 Å². The Hall–Kier alpha value is -1.26. The monoisotopic (exact) mass is 210 g/mol. The van der Waals surface area contributed by atoms with Crippen molar-refractivity contribution >= 4 is 0 Å². The minimum atomic E-state index is 0.318. The lowest BCUT2D eigenvalue weighted by molar-refractivity contribution is -0.0291. The number of ether oxygens (including phenoxy) is 4. The molecule has 0 aliphatic carbocycles. The molecule has 82 valence electrons. The summed E-state index contributed by atoms with van der Waals surface area (Å²) >= 11 is 0. The van der Waals surface area contributed by atoms with Crippen LogP contribution in [0, 0.1) is 0 Å². The van der Waals surface area contributed by atoms with Crippen LogP contribution < -0.4 is 9.47 Å². The van der Waals surface area contributed by atoms with Crippen LogP contribution in [-0.4, -0.2) is 27.3 Å². The standard InChI is InChI=1S/C11H14O4/c1-12-7-13-5-4-9-2-3-10-11(6-9)15-8-14-10/h2-3,6H,4-5,7-8H2,1H3. The number of fused-ring (bicyclic) bond motifs is 1. The van der Waals surface area contributed by atoms with Crippen LogP contribution in [0.2, 0.25) is 0 Å². The van der Waals surface area contributed by atoms with Crippen LogP contribution in [0.3, 0.4) is 0 Å². The fourth-order valence-corrected chi connectivity index (χ4v) is 1.43. The van der Waals surface area contributed by atoms with Crippen LogP contribution in [0.15, 0.2) is 18.2 Å². The first-order valence-corrected chi connectivity index (χ1v) is 4.85. The molecule has 0 saturated heterocycles. The van der Waals surface area contributed by atoms with Crippen LogP contribution in [0.5, 0.6) is 11.5 Å². The first-order chi connectivity index (χ1) is 7.40. The molecule has 0 unspecified atom stereocenters. The van der Waals surface area contributed by atoms with E-state index in [0.29, 0.717) is 20.2 Å². The maximum absolute atomic E-state index is 5.28. The quantitative estimate of drug-likeness (QED) is 0.546. The molecular weight excluding hydrogens is 196 g/mol. The fourth-order valence-electron chi connectivity index (χ4n) is 1.43. The van der Waals surface area contributed by atoms with E-state index < -0.39 is 0 Å². The summed E-state index contributed by atoms with van der Waals surface area (Å²) < 4.78 is 20.5. The Balaban J connectivity index is 1.87. The van der Waals surface area contributed by atoms with E-state index >= 15 is 0 Å². The van der Waals surface area contributed by atoms with Crippen molar-refractivity contribution in [1.82, 2.24) is 0 Å². The molecule has 0 atom stereocenters. The van der Waals surface area contributed by atoms with Crippen LogP contribution in [0.4, 0.5) is 0 Å². The number of methoxy groups -OCH3 is 1. The molecule has 0 spiro atoms. The van der Waals surface area contributed by atoms with Crippen LogP contribution in [0.1, 0.15) is 5.56 Å². The van der Waals surface area contributed by atoms with Crippen molar-refractivity contribution in [3.8, 4) is 11.5 Å². The van der Waals surface area contributed by atoms with Gasteiger partial charge in [0.1, 0.15) is 6.79 Å². The zero-order valence-electron chi connectivity index (χ0n) is 8.69. The lowest BCUT2D eigenvalue weighted by Crippen LogP contribution is -2.01. The molecule has 4 heteroatoms. The molecule has 1 heterocycles. The van der Waals surface area contributed by atoms with E-state index in [-0.39, 0.29) is 0 Å². The van der Waals surface area contributed by atoms with Gasteiger partial charge in [-0.05, 0) is 24.1 Å². The normalized spacial score (nSPS) is 13.1. The van der Waals surface area contributed by atoms with Gasteiger partial charge < -0.3 is 18.9 Å². The van der Waals surface area contributed by atoms with Gasteiger partial charge in [0.2, 0.25) is 6.79 Å². The Labute approximate surface area is 88.7 Å². The molecule has 0 fully saturated rings. The van der Waals surface area contributed by atoms with Crippen molar-refractivity contribution in [2.45, 2.75) is 6.42 Å². The molecule has 1 aromatic rings. The predicted molar refractivity (Wildman–Crippen MR) is 54.1 cm³/mol. The van der Waals surface area contributed by atoms with Crippen molar-refractivity contribution in [2.24, 2.45) is 0 Å². The van der Waals surface area contributed by atoms with Gasteiger partial charge in [0.15, 0.2) is 11.5 Å². The first kappa shape index (κ1) is 10.3. The predicted octanol–water partition coefficient (Wildman–Crippen LogP) is 1.58. The summed E-state index contributed by atoms with van der Waals surface area (Å²) in [6.07, 6.45) is 0.847. The van der Waals surface area contributed by atoms with E-state index in [4.69, 9.17) is 18.9 Å². The van der Waals surface area contributed by atoms with Gasteiger partial charge in [0.25, 0.3) is 0 Å². The van der Waals surface area contributed by atoms with Crippen molar-refractivity contribution in [3.63, 3.8) is 0 Å². The molecule has 4 nitrogen and oxygen atoms in total. The zero-order chi connectivity index (χ0) is 10.5. The van der Waals surface area contributed by atoms with Crippen LogP contribution in [0.25, 0.3) is 0 Å². The van der Waals surface area contributed by atoms with E-state index in [0.717, 1.165) is 17.9 Å². The average molecular weight is 210 g/mol. The molecule has 0 radical (unpaired) electrons. The van der Waals surface area contributed by atoms with E-state index in [1.807, 2.05) is 18.2 Å². The lowest BCUT2D eigenvalue weighted by Gasteiger charge is -2.04. The van der Waals surface area contributed by atoms with E-state index in [1.54, 1.807) is 7.11 Å². The van der Waals surface area contributed by atoms with Gasteiger partial charge in [-0.25, -0.2) is 0 Å². The molecule has 2 rings (SSSR count). The second-order valence-electron chi connectivity index (χ2n) is 3.25. The van der Waals surface area contributed by atoms with Crippen molar-refractivity contribution < 1.29 is 18.9 Å². The highest BCUT2D eigenvalue weighted by molar-refractivity contribution is 5.44. The fraction of sp³-hybridized carbons (Fsp3) is 0.455. The van der Waals surface area contributed by atoms with Crippen molar-refractivity contribution in [3.05, 3.63) is 23.8 Å². The zero-order valence-corrected chi connectivity index (χ0v) is 8.69. The molecule has 1 aliphatic heterocycles. The Morgan fingerprint density at radius 3 is 3.00 bits per heavy atom. The van der Waals surface area contributed by atoms with Crippen molar-refractivity contribution in [1.29, 1.82) is 0 Å². The van der Waals surface area contributed by atoms with E-state index in [1.165, 1.54) is 5.56 Å². The summed E-state index contributed by atoms with van der Waals surface area (Å²) in [5.74, 6) is 1.64. The summed E-state index contributed by atoms with van der Waals surface area (Å²) in [4.78, 5) is 0. The molecule has 0 bridgehead atoms. The molecule has 1 aromatic carbocycles. The topological polar surface area (TPSA) is 36.9 Å². The highest BCUT2D eigenvalue weighted by Crippen LogP contribution is 2.32. The summed E-state index contributed by atoms with van der Waals surface area (Å²) in [6, 6.07) is 5.93. The second kappa shape index (κ2) is 5.00. The lowest BCUT2D eigenvalue weighted by atomic mass is 10.1. The summed E-state index contributed by atoms with van der Waals surface area (Å²) in [5, 5.41) is 0. The Kier molecular flexibility index (Phi) is 3.42. The summed E-state index contributed by atoms with van der Waals surface area (Å²) in [6.45, 7) is 1.30. The first-order valence-electron chi connectivity index (χ1n) is 4.85. The van der Waals surface area contributed by atoms with Gasteiger partial charge in [-0.3, -0.25) is 0 Å². The maximum Gasteiger partial charge on any atom is 0.231 e. The van der Waals surface area contributed by atoms with E-state index in [9.17, 15) is 0 Å². The number of hydrogen-bond donors (Lipinski definition) is 0. The van der Waals surface area contributed by atoms with Gasteiger partial charge in [-0.1, -0.05) is 6.07 Å². The highest BCUT2D eigenvalue weighted by Gasteiger charge is 2.12. The minimum absolute atomic E-state index is 0.318. The molecular formula is C11H14O4. The van der Waals surface area contributed by atoms with Gasteiger partial charge in [0.05, 0.1) is 6.61 Å². The summed E-state index contributed by atoms with van der Waals surface area (Å²) in [5.41, 5.74) is 1.18. The minimum Gasteiger partial charge on any atom is -0.454 e. The number of rotatable bonds is 5. The molecule has 0 saturated carbocycles.